The topological polar surface area (TPSA) is 63.9 Å². The Morgan fingerprint density at radius 3 is 2.70 bits per heavy atom. The van der Waals surface area contributed by atoms with Gasteiger partial charge in [0, 0.05) is 36.4 Å². The summed E-state index contributed by atoms with van der Waals surface area (Å²) in [6.45, 7) is -0.0113. The van der Waals surface area contributed by atoms with Crippen LogP contribution < -0.4 is 10.5 Å². The number of carbonyl (C=O) groups is 1. The average molecular weight is 383 g/mol. The molecule has 2 aromatic heterocycles. The monoisotopic (exact) mass is 383 g/mol. The normalized spacial score (nSPS) is 13.4. The van der Waals surface area contributed by atoms with Gasteiger partial charge in [-0.2, -0.15) is 0 Å². The predicted octanol–water partition coefficient (Wildman–Crippen LogP) is 3.06. The van der Waals surface area contributed by atoms with Crippen molar-refractivity contribution < 1.29 is 9.53 Å². The molecule has 4 rings (SSSR count). The Morgan fingerprint density at radius 1 is 1.22 bits per heavy atom. The van der Waals surface area contributed by atoms with Crippen LogP contribution in [0.4, 0.5) is 5.69 Å². The van der Waals surface area contributed by atoms with Crippen LogP contribution >= 0.6 is 11.3 Å². The molecule has 0 fully saturated rings. The van der Waals surface area contributed by atoms with E-state index in [1.54, 1.807) is 27.9 Å². The molecule has 0 saturated carbocycles. The van der Waals surface area contributed by atoms with Crippen molar-refractivity contribution >= 4 is 28.0 Å². The molecule has 0 amide bonds. The first-order chi connectivity index (χ1) is 13.0. The summed E-state index contributed by atoms with van der Waals surface area (Å²) in [7, 11) is 3.88. The number of anilines is 1. The van der Waals surface area contributed by atoms with Crippen LogP contribution in [-0.2, 0) is 24.2 Å². The maximum Gasteiger partial charge on any atom is 0.338 e. The molecule has 1 aromatic carbocycles. The highest BCUT2D eigenvalue weighted by atomic mass is 32.1. The minimum atomic E-state index is -0.423. The van der Waals surface area contributed by atoms with Crippen molar-refractivity contribution in [2.45, 2.75) is 32.3 Å². The number of thiazole rings is 1. The Bertz CT molecular complexity index is 1050. The molecule has 0 saturated heterocycles. The third kappa shape index (κ3) is 3.47. The molecule has 2 heterocycles. The van der Waals surface area contributed by atoms with Gasteiger partial charge in [0.05, 0.1) is 11.3 Å². The van der Waals surface area contributed by atoms with Crippen molar-refractivity contribution in [2.24, 2.45) is 0 Å². The first-order valence-electron chi connectivity index (χ1n) is 9.00. The number of carbonyl (C=O) groups excluding carboxylic acids is 1. The van der Waals surface area contributed by atoms with E-state index in [0.29, 0.717) is 16.2 Å². The summed E-state index contributed by atoms with van der Waals surface area (Å²) in [4.78, 5) is 33.2. The number of rotatable bonds is 4. The van der Waals surface area contributed by atoms with Crippen LogP contribution in [0.15, 0.2) is 35.1 Å². The molecule has 0 atom stereocenters. The smallest absolute Gasteiger partial charge is 0.338 e. The van der Waals surface area contributed by atoms with Gasteiger partial charge in [-0.1, -0.05) is 0 Å². The van der Waals surface area contributed by atoms with Gasteiger partial charge in [0.15, 0.2) is 4.96 Å². The summed E-state index contributed by atoms with van der Waals surface area (Å²) < 4.78 is 7.07. The van der Waals surface area contributed by atoms with Crippen LogP contribution in [0.5, 0.6) is 0 Å². The highest BCUT2D eigenvalue weighted by molar-refractivity contribution is 7.17. The minimum absolute atomic E-state index is 0.0113. The fraction of sp³-hybridized carbons (Fsp3) is 0.350. The van der Waals surface area contributed by atoms with Crippen LogP contribution in [0.25, 0.3) is 4.96 Å². The van der Waals surface area contributed by atoms with Gasteiger partial charge in [-0.15, -0.1) is 11.3 Å². The largest absolute Gasteiger partial charge is 0.456 e. The van der Waals surface area contributed by atoms with E-state index in [0.717, 1.165) is 37.1 Å². The fourth-order valence-corrected chi connectivity index (χ4v) is 4.57. The number of aromatic nitrogens is 2. The predicted molar refractivity (Wildman–Crippen MR) is 106 cm³/mol. The van der Waals surface area contributed by atoms with Gasteiger partial charge < -0.3 is 9.64 Å². The van der Waals surface area contributed by atoms with Gasteiger partial charge in [0.25, 0.3) is 5.56 Å². The number of benzene rings is 1. The Hall–Kier alpha value is -2.67. The standard InChI is InChI=1S/C20H21N3O3S/c1-22(2)15-9-7-13(8-10-15)19(25)26-12-14-11-18(24)23-16-5-3-4-6-17(16)27-20(23)21-14/h7-11H,3-6,12H2,1-2H3. The Balaban J connectivity index is 1.52. The van der Waals surface area contributed by atoms with Crippen molar-refractivity contribution in [3.05, 3.63) is 62.5 Å². The fourth-order valence-electron chi connectivity index (χ4n) is 3.33. The lowest BCUT2D eigenvalue weighted by Crippen LogP contribution is -2.18. The maximum atomic E-state index is 12.5. The number of ether oxygens (including phenoxy) is 1. The Labute approximate surface area is 161 Å². The summed E-state index contributed by atoms with van der Waals surface area (Å²) in [6, 6.07) is 8.66. The van der Waals surface area contributed by atoms with E-state index < -0.39 is 5.97 Å². The van der Waals surface area contributed by atoms with E-state index in [1.165, 1.54) is 10.9 Å². The summed E-state index contributed by atoms with van der Waals surface area (Å²) in [5, 5.41) is 0. The van der Waals surface area contributed by atoms with Gasteiger partial charge in [0.2, 0.25) is 0 Å². The van der Waals surface area contributed by atoms with E-state index in [-0.39, 0.29) is 12.2 Å². The molecule has 6 nitrogen and oxygen atoms in total. The van der Waals surface area contributed by atoms with Crippen LogP contribution in [0.3, 0.4) is 0 Å². The van der Waals surface area contributed by atoms with Crippen LogP contribution in [0.1, 0.15) is 39.5 Å². The molecule has 0 bridgehead atoms. The van der Waals surface area contributed by atoms with Crippen LogP contribution in [-0.4, -0.2) is 29.4 Å². The molecule has 27 heavy (non-hydrogen) atoms. The van der Waals surface area contributed by atoms with Crippen LogP contribution in [0.2, 0.25) is 0 Å². The van der Waals surface area contributed by atoms with Crippen molar-refractivity contribution in [1.82, 2.24) is 9.38 Å². The van der Waals surface area contributed by atoms with Crippen molar-refractivity contribution in [3.8, 4) is 0 Å². The maximum absolute atomic E-state index is 12.5. The van der Waals surface area contributed by atoms with Gasteiger partial charge in [0.1, 0.15) is 6.61 Å². The Morgan fingerprint density at radius 2 is 1.96 bits per heavy atom. The van der Waals surface area contributed by atoms with Crippen molar-refractivity contribution in [1.29, 1.82) is 0 Å². The second kappa shape index (κ2) is 7.15. The van der Waals surface area contributed by atoms with E-state index >= 15 is 0 Å². The first kappa shape index (κ1) is 17.7. The quantitative estimate of drug-likeness (QED) is 0.648. The number of fused-ring (bicyclic) bond motifs is 3. The Kier molecular flexibility index (Phi) is 4.70. The molecule has 7 heteroatoms. The molecule has 0 spiro atoms. The molecule has 0 N–H and O–H groups in total. The zero-order chi connectivity index (χ0) is 19.0. The van der Waals surface area contributed by atoms with E-state index in [4.69, 9.17) is 4.74 Å². The van der Waals surface area contributed by atoms with Gasteiger partial charge in [-0.05, 0) is 49.9 Å². The molecule has 3 aromatic rings. The van der Waals surface area contributed by atoms with Crippen LogP contribution in [0, 0.1) is 0 Å². The average Bonchev–Trinajstić information content (AvgIpc) is 3.05. The second-order valence-electron chi connectivity index (χ2n) is 6.90. The summed E-state index contributed by atoms with van der Waals surface area (Å²) in [5.41, 5.74) is 2.97. The molecule has 0 aliphatic heterocycles. The SMILES string of the molecule is CN(C)c1ccc(C(=O)OCc2cc(=O)n3c4c(sc3n2)CCCC4)cc1. The van der Waals surface area contributed by atoms with Gasteiger partial charge >= 0.3 is 5.97 Å². The minimum Gasteiger partial charge on any atom is -0.456 e. The van der Waals surface area contributed by atoms with Gasteiger partial charge in [-0.3, -0.25) is 9.20 Å². The lowest BCUT2D eigenvalue weighted by atomic mass is 10.0. The highest BCUT2D eigenvalue weighted by Crippen LogP contribution is 2.28. The third-order valence-electron chi connectivity index (χ3n) is 4.79. The molecule has 0 unspecified atom stereocenters. The number of esters is 1. The number of nitrogens with zero attached hydrogens (tertiary/aromatic N) is 3. The van der Waals surface area contributed by atoms with Crippen molar-refractivity contribution in [3.63, 3.8) is 0 Å². The van der Waals surface area contributed by atoms with Crippen molar-refractivity contribution in [2.75, 3.05) is 19.0 Å². The number of aryl methyl sites for hydroxylation is 2. The second-order valence-corrected chi connectivity index (χ2v) is 7.96. The van der Waals surface area contributed by atoms with E-state index in [2.05, 4.69) is 4.98 Å². The molecular weight excluding hydrogens is 362 g/mol. The van der Waals surface area contributed by atoms with E-state index in [1.807, 2.05) is 31.1 Å². The zero-order valence-electron chi connectivity index (χ0n) is 15.4. The molecule has 1 aliphatic rings. The zero-order valence-corrected chi connectivity index (χ0v) is 16.2. The summed E-state index contributed by atoms with van der Waals surface area (Å²) >= 11 is 1.57. The number of hydrogen-bond donors (Lipinski definition) is 0. The first-order valence-corrected chi connectivity index (χ1v) is 9.82. The summed E-state index contributed by atoms with van der Waals surface area (Å²) in [5.74, 6) is -0.423. The molecular formula is C20H21N3O3S. The van der Waals surface area contributed by atoms with E-state index in [9.17, 15) is 9.59 Å². The van der Waals surface area contributed by atoms with Gasteiger partial charge in [-0.25, -0.2) is 9.78 Å². The summed E-state index contributed by atoms with van der Waals surface area (Å²) in [6.07, 6.45) is 4.20. The molecule has 1 aliphatic carbocycles. The molecule has 140 valence electrons. The lowest BCUT2D eigenvalue weighted by molar-refractivity contribution is 0.0468. The number of hydrogen-bond acceptors (Lipinski definition) is 6. The highest BCUT2D eigenvalue weighted by Gasteiger charge is 2.19. The lowest BCUT2D eigenvalue weighted by Gasteiger charge is -2.12. The molecule has 0 radical (unpaired) electrons. The third-order valence-corrected chi connectivity index (χ3v) is 5.93.